The van der Waals surface area contributed by atoms with Crippen LogP contribution in [0.3, 0.4) is 0 Å². The third kappa shape index (κ3) is 6.96. The first-order valence-corrected chi connectivity index (χ1v) is 12.2. The third-order valence-corrected chi connectivity index (χ3v) is 6.65. The number of rotatable bonds is 11. The summed E-state index contributed by atoms with van der Waals surface area (Å²) in [6.45, 7) is 6.65. The summed E-state index contributed by atoms with van der Waals surface area (Å²) in [5, 5.41) is 7.65. The maximum Gasteiger partial charge on any atom is 0.161 e. The van der Waals surface area contributed by atoms with Crippen LogP contribution in [-0.4, -0.2) is 65.8 Å². The molecule has 1 atom stereocenters. The summed E-state index contributed by atoms with van der Waals surface area (Å²) >= 11 is 0. The van der Waals surface area contributed by atoms with E-state index in [-0.39, 0.29) is 5.60 Å². The minimum atomic E-state index is -0.268. The molecule has 0 saturated carbocycles. The molecule has 0 bridgehead atoms. The number of hydrogen-bond donors (Lipinski definition) is 0. The molecule has 1 unspecified atom stereocenters. The molecular weight excluding hydrogens is 444 g/mol. The van der Waals surface area contributed by atoms with Gasteiger partial charge in [-0.2, -0.15) is 0 Å². The molecule has 0 N–H and O–H groups in total. The molecule has 8 heteroatoms. The lowest BCUT2D eigenvalue weighted by molar-refractivity contribution is -0.0541. The SMILES string of the molecule is COc1ccc(CN2CCCC(COc3ccc(C)cc3)(OC)CC2)cc1OCCn1cnnc1. The van der Waals surface area contributed by atoms with E-state index in [1.165, 1.54) is 11.1 Å². The van der Waals surface area contributed by atoms with Gasteiger partial charge >= 0.3 is 0 Å². The third-order valence-electron chi connectivity index (χ3n) is 6.65. The molecule has 0 spiro atoms. The summed E-state index contributed by atoms with van der Waals surface area (Å²) in [6.07, 6.45) is 6.33. The highest BCUT2D eigenvalue weighted by Gasteiger charge is 2.33. The molecular formula is C27H36N4O4. The van der Waals surface area contributed by atoms with E-state index < -0.39 is 0 Å². The Morgan fingerprint density at radius 3 is 2.46 bits per heavy atom. The van der Waals surface area contributed by atoms with Crippen molar-refractivity contribution in [2.75, 3.05) is 40.5 Å². The summed E-state index contributed by atoms with van der Waals surface area (Å²) in [4.78, 5) is 2.48. The van der Waals surface area contributed by atoms with Crippen LogP contribution in [-0.2, 0) is 17.8 Å². The average molecular weight is 481 g/mol. The Morgan fingerprint density at radius 1 is 0.914 bits per heavy atom. The van der Waals surface area contributed by atoms with Gasteiger partial charge in [-0.1, -0.05) is 23.8 Å². The number of aryl methyl sites for hydroxylation is 1. The highest BCUT2D eigenvalue weighted by Crippen LogP contribution is 2.31. The molecule has 35 heavy (non-hydrogen) atoms. The van der Waals surface area contributed by atoms with Crippen molar-refractivity contribution in [1.82, 2.24) is 19.7 Å². The van der Waals surface area contributed by atoms with Gasteiger partial charge in [-0.15, -0.1) is 10.2 Å². The van der Waals surface area contributed by atoms with E-state index in [0.29, 0.717) is 19.8 Å². The smallest absolute Gasteiger partial charge is 0.161 e. The average Bonchev–Trinajstić information content (AvgIpc) is 3.32. The molecule has 0 aliphatic carbocycles. The zero-order valence-corrected chi connectivity index (χ0v) is 21.0. The molecule has 1 saturated heterocycles. The van der Waals surface area contributed by atoms with Crippen LogP contribution in [0.5, 0.6) is 17.2 Å². The van der Waals surface area contributed by atoms with E-state index in [4.69, 9.17) is 18.9 Å². The molecule has 8 nitrogen and oxygen atoms in total. The van der Waals surface area contributed by atoms with Crippen LogP contribution in [0.2, 0.25) is 0 Å². The largest absolute Gasteiger partial charge is 0.493 e. The van der Waals surface area contributed by atoms with Gasteiger partial charge in [0.05, 0.1) is 13.7 Å². The Balaban J connectivity index is 1.33. The zero-order chi connectivity index (χ0) is 24.5. The van der Waals surface area contributed by atoms with E-state index in [1.54, 1.807) is 26.9 Å². The molecule has 4 rings (SSSR count). The summed E-state index contributed by atoms with van der Waals surface area (Å²) < 4.78 is 25.6. The first-order valence-electron chi connectivity index (χ1n) is 12.2. The van der Waals surface area contributed by atoms with Crippen molar-refractivity contribution in [3.05, 3.63) is 66.2 Å². The van der Waals surface area contributed by atoms with E-state index in [2.05, 4.69) is 46.3 Å². The summed E-state index contributed by atoms with van der Waals surface area (Å²) in [7, 11) is 3.47. The Bertz CT molecular complexity index is 1040. The van der Waals surface area contributed by atoms with Gasteiger partial charge in [0.1, 0.15) is 37.2 Å². The fourth-order valence-electron chi connectivity index (χ4n) is 4.43. The van der Waals surface area contributed by atoms with Crippen LogP contribution >= 0.6 is 0 Å². The van der Waals surface area contributed by atoms with Crippen molar-refractivity contribution in [2.24, 2.45) is 0 Å². The van der Waals surface area contributed by atoms with Crippen molar-refractivity contribution in [3.8, 4) is 17.2 Å². The van der Waals surface area contributed by atoms with Crippen LogP contribution in [0.1, 0.15) is 30.4 Å². The van der Waals surface area contributed by atoms with Gasteiger partial charge < -0.3 is 23.5 Å². The summed E-state index contributed by atoms with van der Waals surface area (Å²) in [5.74, 6) is 2.38. The first kappa shape index (κ1) is 25.0. The fraction of sp³-hybridized carbons (Fsp3) is 0.481. The van der Waals surface area contributed by atoms with Crippen molar-refractivity contribution >= 4 is 0 Å². The molecule has 1 aliphatic rings. The van der Waals surface area contributed by atoms with Crippen molar-refractivity contribution < 1.29 is 18.9 Å². The Morgan fingerprint density at radius 2 is 1.71 bits per heavy atom. The number of aromatic nitrogens is 3. The number of benzene rings is 2. The standard InChI is InChI=1S/C27H36N4O4/c1-22-5-8-24(9-6-22)35-19-27(33-3)11-4-13-30(14-12-27)18-23-7-10-25(32-2)26(17-23)34-16-15-31-20-28-29-21-31/h5-10,17,20-21H,4,11-16,18-19H2,1-3H3. The molecule has 2 heterocycles. The zero-order valence-electron chi connectivity index (χ0n) is 21.0. The normalized spacial score (nSPS) is 18.7. The van der Waals surface area contributed by atoms with Crippen LogP contribution < -0.4 is 14.2 Å². The van der Waals surface area contributed by atoms with Crippen molar-refractivity contribution in [1.29, 1.82) is 0 Å². The highest BCUT2D eigenvalue weighted by molar-refractivity contribution is 5.43. The maximum atomic E-state index is 6.13. The minimum absolute atomic E-state index is 0.268. The Labute approximate surface area is 207 Å². The lowest BCUT2D eigenvalue weighted by Gasteiger charge is -2.31. The summed E-state index contributed by atoms with van der Waals surface area (Å²) in [6, 6.07) is 14.4. The predicted octanol–water partition coefficient (Wildman–Crippen LogP) is 4.12. The van der Waals surface area contributed by atoms with Gasteiger partial charge in [-0.3, -0.25) is 4.90 Å². The quantitative estimate of drug-likeness (QED) is 0.409. The molecule has 1 aliphatic heterocycles. The molecule has 1 aromatic heterocycles. The maximum absolute atomic E-state index is 6.13. The lowest BCUT2D eigenvalue weighted by Crippen LogP contribution is -2.39. The van der Waals surface area contributed by atoms with Gasteiger partial charge in [0.25, 0.3) is 0 Å². The van der Waals surface area contributed by atoms with E-state index >= 15 is 0 Å². The van der Waals surface area contributed by atoms with E-state index in [0.717, 1.165) is 56.1 Å². The van der Waals surface area contributed by atoms with Crippen LogP contribution in [0.15, 0.2) is 55.1 Å². The molecule has 188 valence electrons. The molecule has 3 aromatic rings. The van der Waals surface area contributed by atoms with Gasteiger partial charge in [0, 0.05) is 20.2 Å². The Hall–Kier alpha value is -3.10. The van der Waals surface area contributed by atoms with Gasteiger partial charge in [-0.25, -0.2) is 0 Å². The van der Waals surface area contributed by atoms with Gasteiger partial charge in [0.15, 0.2) is 11.5 Å². The lowest BCUT2D eigenvalue weighted by atomic mass is 9.95. The van der Waals surface area contributed by atoms with Gasteiger partial charge in [0.2, 0.25) is 0 Å². The van der Waals surface area contributed by atoms with Crippen molar-refractivity contribution in [3.63, 3.8) is 0 Å². The first-order chi connectivity index (χ1) is 17.1. The molecule has 0 radical (unpaired) electrons. The number of hydrogen-bond acceptors (Lipinski definition) is 7. The monoisotopic (exact) mass is 480 g/mol. The molecule has 0 amide bonds. The predicted molar refractivity (Wildman–Crippen MR) is 134 cm³/mol. The molecule has 2 aromatic carbocycles. The number of nitrogens with zero attached hydrogens (tertiary/aromatic N) is 4. The van der Waals surface area contributed by atoms with Crippen LogP contribution in [0, 0.1) is 6.92 Å². The second kappa shape index (κ2) is 12.0. The van der Waals surface area contributed by atoms with E-state index in [9.17, 15) is 0 Å². The second-order valence-electron chi connectivity index (χ2n) is 9.15. The topological polar surface area (TPSA) is 70.9 Å². The van der Waals surface area contributed by atoms with Crippen LogP contribution in [0.4, 0.5) is 0 Å². The highest BCUT2D eigenvalue weighted by atomic mass is 16.5. The molecule has 1 fully saturated rings. The van der Waals surface area contributed by atoms with Gasteiger partial charge in [-0.05, 0) is 62.6 Å². The van der Waals surface area contributed by atoms with E-state index in [1.807, 2.05) is 22.8 Å². The Kier molecular flexibility index (Phi) is 8.60. The van der Waals surface area contributed by atoms with Crippen LogP contribution in [0.25, 0.3) is 0 Å². The number of ether oxygens (including phenoxy) is 4. The second-order valence-corrected chi connectivity index (χ2v) is 9.15. The van der Waals surface area contributed by atoms with Crippen molar-refractivity contribution in [2.45, 2.75) is 44.9 Å². The minimum Gasteiger partial charge on any atom is -0.493 e. The fourth-order valence-corrected chi connectivity index (χ4v) is 4.43. The summed E-state index contributed by atoms with van der Waals surface area (Å²) in [5.41, 5.74) is 2.16. The number of methoxy groups -OCH3 is 2. The number of likely N-dealkylation sites (tertiary alicyclic amines) is 1.